The number of esters is 1. The molecule has 1 fully saturated rings. The van der Waals surface area contributed by atoms with E-state index >= 15 is 0 Å². The summed E-state index contributed by atoms with van der Waals surface area (Å²) in [6, 6.07) is 0.337. The normalized spacial score (nSPS) is 22.4. The molecule has 2 atom stereocenters. The van der Waals surface area contributed by atoms with Gasteiger partial charge in [0.1, 0.15) is 0 Å². The molecule has 0 aromatic rings. The molecular formula is C16H30N2O3. The predicted molar refractivity (Wildman–Crippen MR) is 82.9 cm³/mol. The molecule has 1 heterocycles. The van der Waals surface area contributed by atoms with Gasteiger partial charge in [-0.3, -0.25) is 9.59 Å². The smallest absolute Gasteiger partial charge is 0.305 e. The van der Waals surface area contributed by atoms with Gasteiger partial charge in [0.2, 0.25) is 5.91 Å². The van der Waals surface area contributed by atoms with E-state index in [9.17, 15) is 9.59 Å². The molecule has 21 heavy (non-hydrogen) atoms. The molecule has 5 nitrogen and oxygen atoms in total. The lowest BCUT2D eigenvalue weighted by Crippen LogP contribution is -2.51. The first-order chi connectivity index (χ1) is 9.92. The summed E-state index contributed by atoms with van der Waals surface area (Å²) in [6.07, 6.45) is 3.40. The van der Waals surface area contributed by atoms with Crippen molar-refractivity contribution in [1.29, 1.82) is 0 Å². The van der Waals surface area contributed by atoms with E-state index in [-0.39, 0.29) is 11.9 Å². The third kappa shape index (κ3) is 6.93. The Morgan fingerprint density at radius 3 is 2.62 bits per heavy atom. The molecule has 1 aliphatic rings. The van der Waals surface area contributed by atoms with Crippen LogP contribution < -0.4 is 5.32 Å². The number of carbonyl (C=O) groups is 2. The largest absolute Gasteiger partial charge is 0.469 e. The minimum atomic E-state index is -0.167. The van der Waals surface area contributed by atoms with Gasteiger partial charge in [-0.15, -0.1) is 0 Å². The highest BCUT2D eigenvalue weighted by molar-refractivity contribution is 5.73. The lowest BCUT2D eigenvalue weighted by molar-refractivity contribution is -0.141. The second kappa shape index (κ2) is 9.03. The number of nitrogens with zero attached hydrogens (tertiary/aromatic N) is 1. The molecule has 1 rings (SSSR count). The van der Waals surface area contributed by atoms with Crippen molar-refractivity contribution in [2.24, 2.45) is 11.8 Å². The number of ether oxygens (including phenoxy) is 1. The van der Waals surface area contributed by atoms with E-state index in [1.54, 1.807) is 6.92 Å². The van der Waals surface area contributed by atoms with E-state index < -0.39 is 0 Å². The molecule has 1 amide bonds. The molecule has 1 N–H and O–H groups in total. The van der Waals surface area contributed by atoms with Crippen molar-refractivity contribution in [3.05, 3.63) is 0 Å². The molecule has 1 aliphatic heterocycles. The van der Waals surface area contributed by atoms with E-state index in [0.29, 0.717) is 24.3 Å². The second-order valence-electron chi connectivity index (χ2n) is 6.47. The quantitative estimate of drug-likeness (QED) is 0.728. The number of hydrogen-bond donors (Lipinski definition) is 1. The summed E-state index contributed by atoms with van der Waals surface area (Å²) in [5.74, 6) is 1.01. The van der Waals surface area contributed by atoms with E-state index in [1.165, 1.54) is 7.11 Å². The Morgan fingerprint density at radius 1 is 1.33 bits per heavy atom. The van der Waals surface area contributed by atoms with Crippen molar-refractivity contribution in [2.45, 2.75) is 52.5 Å². The second-order valence-corrected chi connectivity index (χ2v) is 6.47. The van der Waals surface area contributed by atoms with Gasteiger partial charge in [0.25, 0.3) is 0 Å². The molecule has 0 aromatic carbocycles. The molecule has 1 saturated heterocycles. The lowest BCUT2D eigenvalue weighted by atomic mass is 9.90. The standard InChI is InChI=1S/C16H30N2O3/c1-12(2)7-8-17-15-9-14(5-6-16(20)21-4)10-18(11-15)13(3)19/h12,14-15,17H,5-11H2,1-4H3. The van der Waals surface area contributed by atoms with Gasteiger partial charge in [-0.1, -0.05) is 13.8 Å². The minimum Gasteiger partial charge on any atom is -0.469 e. The van der Waals surface area contributed by atoms with Crippen LogP contribution in [0.25, 0.3) is 0 Å². The van der Waals surface area contributed by atoms with Crippen LogP contribution in [0.3, 0.4) is 0 Å². The first kappa shape index (κ1) is 18.0. The third-order valence-corrected chi connectivity index (χ3v) is 4.12. The Balaban J connectivity index is 2.47. The van der Waals surface area contributed by atoms with Gasteiger partial charge in [0.05, 0.1) is 7.11 Å². The zero-order valence-corrected chi connectivity index (χ0v) is 13.9. The number of methoxy groups -OCH3 is 1. The lowest BCUT2D eigenvalue weighted by Gasteiger charge is -2.38. The van der Waals surface area contributed by atoms with Crippen molar-refractivity contribution in [1.82, 2.24) is 10.2 Å². The molecule has 0 aromatic heterocycles. The average Bonchev–Trinajstić information content (AvgIpc) is 2.44. The van der Waals surface area contributed by atoms with Crippen LogP contribution in [0, 0.1) is 11.8 Å². The number of carbonyl (C=O) groups excluding carboxylic acids is 2. The summed E-state index contributed by atoms with van der Waals surface area (Å²) in [4.78, 5) is 24.9. The van der Waals surface area contributed by atoms with E-state index in [0.717, 1.165) is 38.9 Å². The van der Waals surface area contributed by atoms with Crippen molar-refractivity contribution in [3.63, 3.8) is 0 Å². The number of hydrogen-bond acceptors (Lipinski definition) is 4. The van der Waals surface area contributed by atoms with Crippen LogP contribution in [-0.4, -0.2) is 49.6 Å². The minimum absolute atomic E-state index is 0.119. The molecule has 0 bridgehead atoms. The van der Waals surface area contributed by atoms with Gasteiger partial charge in [-0.05, 0) is 37.6 Å². The number of rotatable bonds is 7. The molecule has 0 radical (unpaired) electrons. The number of likely N-dealkylation sites (tertiary alicyclic amines) is 1. The maximum absolute atomic E-state index is 11.7. The Kier molecular flexibility index (Phi) is 7.72. The SMILES string of the molecule is COC(=O)CCC1CC(NCCC(C)C)CN(C(C)=O)C1. The maximum Gasteiger partial charge on any atom is 0.305 e. The first-order valence-corrected chi connectivity index (χ1v) is 7.98. The number of amides is 1. The monoisotopic (exact) mass is 298 g/mol. The fraction of sp³-hybridized carbons (Fsp3) is 0.875. The van der Waals surface area contributed by atoms with Gasteiger partial charge in [-0.2, -0.15) is 0 Å². The summed E-state index contributed by atoms with van der Waals surface area (Å²) >= 11 is 0. The zero-order chi connectivity index (χ0) is 15.8. The van der Waals surface area contributed by atoms with E-state index in [2.05, 4.69) is 19.2 Å². The first-order valence-electron chi connectivity index (χ1n) is 7.98. The highest BCUT2D eigenvalue weighted by Crippen LogP contribution is 2.22. The van der Waals surface area contributed by atoms with E-state index in [4.69, 9.17) is 4.74 Å². The summed E-state index contributed by atoms with van der Waals surface area (Å²) < 4.78 is 4.70. The number of piperidine rings is 1. The maximum atomic E-state index is 11.7. The van der Waals surface area contributed by atoms with Gasteiger partial charge in [0, 0.05) is 32.5 Å². The van der Waals surface area contributed by atoms with Crippen molar-refractivity contribution in [2.75, 3.05) is 26.7 Å². The topological polar surface area (TPSA) is 58.6 Å². The summed E-state index contributed by atoms with van der Waals surface area (Å²) in [5.41, 5.74) is 0. The van der Waals surface area contributed by atoms with Crippen LogP contribution in [0.4, 0.5) is 0 Å². The molecule has 5 heteroatoms. The average molecular weight is 298 g/mol. The zero-order valence-electron chi connectivity index (χ0n) is 13.9. The van der Waals surface area contributed by atoms with Crippen molar-refractivity contribution < 1.29 is 14.3 Å². The molecule has 122 valence electrons. The Bertz CT molecular complexity index is 344. The van der Waals surface area contributed by atoms with Crippen LogP contribution in [0.5, 0.6) is 0 Å². The Hall–Kier alpha value is -1.10. The van der Waals surface area contributed by atoms with Crippen LogP contribution in [0.2, 0.25) is 0 Å². The predicted octanol–water partition coefficient (Wildman–Crippen LogP) is 1.81. The Labute approximate surface area is 128 Å². The molecule has 0 aliphatic carbocycles. The van der Waals surface area contributed by atoms with Gasteiger partial charge >= 0.3 is 5.97 Å². The Morgan fingerprint density at radius 2 is 2.05 bits per heavy atom. The highest BCUT2D eigenvalue weighted by Gasteiger charge is 2.28. The van der Waals surface area contributed by atoms with Gasteiger partial charge in [0.15, 0.2) is 0 Å². The number of nitrogens with one attached hydrogen (secondary N) is 1. The molecule has 0 spiro atoms. The van der Waals surface area contributed by atoms with Crippen molar-refractivity contribution in [3.8, 4) is 0 Å². The van der Waals surface area contributed by atoms with Crippen LogP contribution >= 0.6 is 0 Å². The van der Waals surface area contributed by atoms with Crippen molar-refractivity contribution >= 4 is 11.9 Å². The third-order valence-electron chi connectivity index (χ3n) is 4.12. The summed E-state index contributed by atoms with van der Waals surface area (Å²) in [7, 11) is 1.42. The van der Waals surface area contributed by atoms with Gasteiger partial charge in [-0.25, -0.2) is 0 Å². The fourth-order valence-electron chi connectivity index (χ4n) is 2.82. The molecule has 2 unspecified atom stereocenters. The van der Waals surface area contributed by atoms with Crippen LogP contribution in [0.15, 0.2) is 0 Å². The summed E-state index contributed by atoms with van der Waals surface area (Å²) in [5, 5.41) is 3.56. The fourth-order valence-corrected chi connectivity index (χ4v) is 2.82. The highest BCUT2D eigenvalue weighted by atomic mass is 16.5. The molecular weight excluding hydrogens is 268 g/mol. The van der Waals surface area contributed by atoms with Crippen LogP contribution in [-0.2, 0) is 14.3 Å². The van der Waals surface area contributed by atoms with E-state index in [1.807, 2.05) is 4.90 Å². The molecule has 0 saturated carbocycles. The van der Waals surface area contributed by atoms with Gasteiger partial charge < -0.3 is 15.0 Å². The van der Waals surface area contributed by atoms with Crippen LogP contribution in [0.1, 0.15) is 46.5 Å². The summed E-state index contributed by atoms with van der Waals surface area (Å²) in [6.45, 7) is 8.57.